The quantitative estimate of drug-likeness (QED) is 0.282. The van der Waals surface area contributed by atoms with Crippen LogP contribution in [0.2, 0.25) is 5.02 Å². The van der Waals surface area contributed by atoms with Gasteiger partial charge in [-0.2, -0.15) is 5.10 Å². The molecule has 0 bridgehead atoms. The zero-order valence-corrected chi connectivity index (χ0v) is 20.8. The highest BCUT2D eigenvalue weighted by atomic mass is 35.5. The lowest BCUT2D eigenvalue weighted by molar-refractivity contribution is 0.0944. The van der Waals surface area contributed by atoms with Crippen LogP contribution in [0.3, 0.4) is 0 Å². The number of hydrogen-bond acceptors (Lipinski definition) is 6. The third kappa shape index (κ3) is 5.53. The van der Waals surface area contributed by atoms with Gasteiger partial charge in [-0.05, 0) is 54.1 Å². The monoisotopic (exact) mass is 523 g/mol. The molecule has 0 spiro atoms. The number of anilines is 2. The number of nitrogen functional groups attached to an aromatic ring is 1. The predicted octanol–water partition coefficient (Wildman–Crippen LogP) is 4.75. The van der Waals surface area contributed by atoms with Crippen LogP contribution in [0.25, 0.3) is 16.9 Å². The summed E-state index contributed by atoms with van der Waals surface area (Å²) in [6.45, 7) is 0.307. The number of hydrogen-bond donors (Lipinski definition) is 3. The summed E-state index contributed by atoms with van der Waals surface area (Å²) in [4.78, 5) is 34.6. The highest BCUT2D eigenvalue weighted by Gasteiger charge is 2.19. The zero-order chi connectivity index (χ0) is 26.5. The van der Waals surface area contributed by atoms with Gasteiger partial charge in [-0.1, -0.05) is 41.9 Å². The Morgan fingerprint density at radius 1 is 0.895 bits per heavy atom. The number of carbonyl (C=O) groups excluding carboxylic acids is 2. The number of amides is 2. The highest BCUT2D eigenvalue weighted by Crippen LogP contribution is 2.26. The first-order valence-corrected chi connectivity index (χ1v) is 12.0. The molecule has 0 fully saturated rings. The Balaban J connectivity index is 1.43. The van der Waals surface area contributed by atoms with E-state index in [0.717, 1.165) is 5.56 Å². The minimum atomic E-state index is -0.471. The first kappa shape index (κ1) is 24.7. The van der Waals surface area contributed by atoms with Crippen molar-refractivity contribution in [3.05, 3.63) is 119 Å². The molecule has 0 atom stereocenters. The van der Waals surface area contributed by atoms with Crippen LogP contribution in [-0.2, 0) is 6.54 Å². The molecule has 4 N–H and O–H groups in total. The van der Waals surface area contributed by atoms with E-state index in [1.165, 1.54) is 10.7 Å². The van der Waals surface area contributed by atoms with E-state index >= 15 is 0 Å². The van der Waals surface area contributed by atoms with Crippen LogP contribution in [0, 0.1) is 0 Å². The summed E-state index contributed by atoms with van der Waals surface area (Å²) in [7, 11) is 0. The van der Waals surface area contributed by atoms with Gasteiger partial charge in [0, 0.05) is 30.6 Å². The Morgan fingerprint density at radius 3 is 2.45 bits per heavy atom. The number of carbonyl (C=O) groups is 2. The lowest BCUT2D eigenvalue weighted by Crippen LogP contribution is -2.23. The fourth-order valence-corrected chi connectivity index (χ4v) is 3.98. The average Bonchev–Trinajstić information content (AvgIpc) is 3.37. The first-order valence-electron chi connectivity index (χ1n) is 11.6. The molecule has 2 amide bonds. The second kappa shape index (κ2) is 10.9. The second-order valence-corrected chi connectivity index (χ2v) is 8.70. The second-order valence-electron chi connectivity index (χ2n) is 8.30. The number of nitrogens with two attached hydrogens (primary N) is 1. The molecule has 0 saturated heterocycles. The normalized spacial score (nSPS) is 10.7. The number of benzene rings is 2. The minimum absolute atomic E-state index is 0.141. The first-order chi connectivity index (χ1) is 18.5. The smallest absolute Gasteiger partial charge is 0.272 e. The maximum absolute atomic E-state index is 13.4. The fourth-order valence-electron chi connectivity index (χ4n) is 3.78. The van der Waals surface area contributed by atoms with Gasteiger partial charge in [-0.25, -0.2) is 9.67 Å². The molecule has 9 nitrogen and oxygen atoms in total. The third-order valence-electron chi connectivity index (χ3n) is 5.66. The van der Waals surface area contributed by atoms with Gasteiger partial charge in [0.2, 0.25) is 0 Å². The lowest BCUT2D eigenvalue weighted by atomic mass is 10.1. The summed E-state index contributed by atoms with van der Waals surface area (Å²) in [6, 6.07) is 24.6. The third-order valence-corrected chi connectivity index (χ3v) is 5.99. The molecule has 3 heterocycles. The van der Waals surface area contributed by atoms with Crippen molar-refractivity contribution in [2.24, 2.45) is 0 Å². The molecule has 5 aromatic rings. The van der Waals surface area contributed by atoms with Gasteiger partial charge in [-0.15, -0.1) is 0 Å². The zero-order valence-electron chi connectivity index (χ0n) is 20.0. The number of halogens is 1. The molecule has 0 radical (unpaired) electrons. The van der Waals surface area contributed by atoms with Crippen molar-refractivity contribution in [3.63, 3.8) is 0 Å². The van der Waals surface area contributed by atoms with Crippen LogP contribution in [0.5, 0.6) is 0 Å². The predicted molar refractivity (Wildman–Crippen MR) is 146 cm³/mol. The molecular formula is C28H22ClN7O2. The Morgan fingerprint density at radius 2 is 1.68 bits per heavy atom. The Kier molecular flexibility index (Phi) is 7.10. The van der Waals surface area contributed by atoms with Crippen molar-refractivity contribution < 1.29 is 9.59 Å². The van der Waals surface area contributed by atoms with Gasteiger partial charge in [-0.3, -0.25) is 14.6 Å². The summed E-state index contributed by atoms with van der Waals surface area (Å²) in [6.07, 6.45) is 3.31. The van der Waals surface area contributed by atoms with Gasteiger partial charge in [0.05, 0.1) is 22.0 Å². The molecule has 10 heteroatoms. The van der Waals surface area contributed by atoms with E-state index in [2.05, 4.69) is 25.7 Å². The highest BCUT2D eigenvalue weighted by molar-refractivity contribution is 6.34. The molecule has 2 aromatic carbocycles. The van der Waals surface area contributed by atoms with Crippen LogP contribution < -0.4 is 16.4 Å². The van der Waals surface area contributed by atoms with Gasteiger partial charge in [0.25, 0.3) is 11.8 Å². The molecule has 38 heavy (non-hydrogen) atoms. The van der Waals surface area contributed by atoms with E-state index in [9.17, 15) is 9.59 Å². The SMILES string of the molecule is Nc1cccc(-c2ccc(Cl)c(C(=O)Nc3cc(C(=O)NCc4ccncc4)nn3-c3ccccc3)c2)n1. The number of aromatic nitrogens is 4. The average molecular weight is 524 g/mol. The maximum Gasteiger partial charge on any atom is 0.272 e. The van der Waals surface area contributed by atoms with Crippen molar-refractivity contribution in [1.29, 1.82) is 0 Å². The summed E-state index contributed by atoms with van der Waals surface area (Å²) in [5.74, 6) is -0.190. The topological polar surface area (TPSA) is 128 Å². The molecule has 0 aliphatic rings. The van der Waals surface area contributed by atoms with Crippen molar-refractivity contribution in [2.75, 3.05) is 11.1 Å². The van der Waals surface area contributed by atoms with Crippen molar-refractivity contribution in [2.45, 2.75) is 6.54 Å². The molecule has 0 unspecified atom stereocenters. The van der Waals surface area contributed by atoms with Crippen LogP contribution in [0.4, 0.5) is 11.6 Å². The molecule has 0 saturated carbocycles. The standard InChI is InChI=1S/C28H22ClN7O2/c29-22-10-9-19(23-7-4-8-25(30)33-23)15-21(22)27(37)34-26-16-24(35-36(26)20-5-2-1-3-6-20)28(38)32-17-18-11-13-31-14-12-18/h1-16H,17H2,(H2,30,33)(H,32,38)(H,34,37). The van der Waals surface area contributed by atoms with Gasteiger partial charge < -0.3 is 16.4 Å². The molecule has 188 valence electrons. The largest absolute Gasteiger partial charge is 0.384 e. The summed E-state index contributed by atoms with van der Waals surface area (Å²) >= 11 is 6.39. The van der Waals surface area contributed by atoms with E-state index < -0.39 is 5.91 Å². The number of nitrogens with zero attached hydrogens (tertiary/aromatic N) is 4. The lowest BCUT2D eigenvalue weighted by Gasteiger charge is -2.11. The van der Waals surface area contributed by atoms with Gasteiger partial charge in [0.1, 0.15) is 11.6 Å². The Labute approximate surface area is 223 Å². The fraction of sp³-hybridized carbons (Fsp3) is 0.0357. The number of rotatable bonds is 7. The number of para-hydroxylation sites is 1. The molecular weight excluding hydrogens is 502 g/mol. The van der Waals surface area contributed by atoms with Crippen LogP contribution >= 0.6 is 11.6 Å². The molecule has 0 aliphatic carbocycles. The summed E-state index contributed by atoms with van der Waals surface area (Å²) in [5, 5.41) is 10.4. The van der Waals surface area contributed by atoms with Crippen molar-refractivity contribution in [1.82, 2.24) is 25.1 Å². The Hall–Kier alpha value is -5.02. The molecule has 0 aliphatic heterocycles. The van der Waals surface area contributed by atoms with Crippen LogP contribution in [-0.4, -0.2) is 31.6 Å². The van der Waals surface area contributed by atoms with E-state index in [-0.39, 0.29) is 22.2 Å². The van der Waals surface area contributed by atoms with E-state index in [1.54, 1.807) is 48.8 Å². The van der Waals surface area contributed by atoms with E-state index in [4.69, 9.17) is 17.3 Å². The van der Waals surface area contributed by atoms with Crippen LogP contribution in [0.15, 0.2) is 97.3 Å². The van der Waals surface area contributed by atoms with Gasteiger partial charge in [0.15, 0.2) is 5.69 Å². The number of pyridine rings is 2. The molecule has 3 aromatic heterocycles. The minimum Gasteiger partial charge on any atom is -0.384 e. The molecule has 5 rings (SSSR count). The van der Waals surface area contributed by atoms with Crippen molar-refractivity contribution in [3.8, 4) is 16.9 Å². The maximum atomic E-state index is 13.4. The van der Waals surface area contributed by atoms with E-state index in [1.807, 2.05) is 42.5 Å². The van der Waals surface area contributed by atoms with Crippen LogP contribution in [0.1, 0.15) is 26.4 Å². The Bertz CT molecular complexity index is 1600. The van der Waals surface area contributed by atoms with Crippen molar-refractivity contribution >= 4 is 35.1 Å². The summed E-state index contributed by atoms with van der Waals surface area (Å²) < 4.78 is 1.50. The van der Waals surface area contributed by atoms with E-state index in [0.29, 0.717) is 35.1 Å². The van der Waals surface area contributed by atoms with Gasteiger partial charge >= 0.3 is 0 Å². The summed E-state index contributed by atoms with van der Waals surface area (Å²) in [5.41, 5.74) is 9.05. The number of nitrogens with one attached hydrogen (secondary N) is 2.